The van der Waals surface area contributed by atoms with E-state index >= 15 is 0 Å². The van der Waals surface area contributed by atoms with Gasteiger partial charge in [-0.15, -0.1) is 0 Å². The van der Waals surface area contributed by atoms with Crippen LogP contribution in [0, 0.1) is 0 Å². The van der Waals surface area contributed by atoms with Crippen molar-refractivity contribution in [3.8, 4) is 11.5 Å². The molecule has 2 saturated heterocycles. The minimum Gasteiger partial charge on any atom is -0.494 e. The van der Waals surface area contributed by atoms with Crippen molar-refractivity contribution >= 4 is 5.91 Å². The molecular formula is C21H33N3O3. The zero-order chi connectivity index (χ0) is 18.9. The van der Waals surface area contributed by atoms with Gasteiger partial charge in [0.25, 0.3) is 0 Å². The molecule has 1 aromatic rings. The van der Waals surface area contributed by atoms with Gasteiger partial charge >= 0.3 is 0 Å². The van der Waals surface area contributed by atoms with Gasteiger partial charge in [0, 0.05) is 45.8 Å². The van der Waals surface area contributed by atoms with Crippen LogP contribution in [0.25, 0.3) is 0 Å². The third-order valence-corrected chi connectivity index (χ3v) is 5.34. The van der Waals surface area contributed by atoms with Crippen molar-refractivity contribution < 1.29 is 14.3 Å². The Morgan fingerprint density at radius 1 is 0.852 bits per heavy atom. The van der Waals surface area contributed by atoms with Crippen LogP contribution in [-0.4, -0.2) is 86.2 Å². The molecule has 0 aliphatic carbocycles. The van der Waals surface area contributed by atoms with Gasteiger partial charge in [0.05, 0.1) is 13.2 Å². The highest BCUT2D eigenvalue weighted by Gasteiger charge is 2.22. The maximum Gasteiger partial charge on any atom is 0.236 e. The van der Waals surface area contributed by atoms with Gasteiger partial charge in [-0.2, -0.15) is 0 Å². The SMILES string of the molecule is CCOc1ccc(OCCN2CCN(CC(=O)N3CCCCC3)CC2)cc1. The Bertz CT molecular complexity index is 565. The van der Waals surface area contributed by atoms with Crippen molar-refractivity contribution in [1.29, 1.82) is 0 Å². The predicted octanol–water partition coefficient (Wildman–Crippen LogP) is 2.09. The lowest BCUT2D eigenvalue weighted by molar-refractivity contribution is -0.133. The van der Waals surface area contributed by atoms with E-state index in [9.17, 15) is 4.79 Å². The van der Waals surface area contributed by atoms with Gasteiger partial charge in [-0.3, -0.25) is 14.6 Å². The molecule has 6 nitrogen and oxygen atoms in total. The van der Waals surface area contributed by atoms with Crippen molar-refractivity contribution in [3.63, 3.8) is 0 Å². The standard InChI is InChI=1S/C21H33N3O3/c1-2-26-19-6-8-20(9-7-19)27-17-16-22-12-14-23(15-13-22)18-21(25)24-10-4-3-5-11-24/h6-9H,2-5,10-18H2,1H3. The number of hydrogen-bond donors (Lipinski definition) is 0. The van der Waals surface area contributed by atoms with Gasteiger partial charge in [0.2, 0.25) is 5.91 Å². The smallest absolute Gasteiger partial charge is 0.236 e. The number of piperazine rings is 1. The fourth-order valence-corrected chi connectivity index (χ4v) is 3.70. The molecule has 3 rings (SSSR count). The molecule has 0 bridgehead atoms. The normalized spacial score (nSPS) is 19.1. The van der Waals surface area contributed by atoms with Crippen molar-refractivity contribution in [1.82, 2.24) is 14.7 Å². The second-order valence-corrected chi connectivity index (χ2v) is 7.31. The molecule has 6 heteroatoms. The molecular weight excluding hydrogens is 342 g/mol. The van der Waals surface area contributed by atoms with Crippen LogP contribution < -0.4 is 9.47 Å². The summed E-state index contributed by atoms with van der Waals surface area (Å²) in [5.41, 5.74) is 0. The minimum atomic E-state index is 0.307. The van der Waals surface area contributed by atoms with Gasteiger partial charge in [-0.1, -0.05) is 0 Å². The molecule has 0 N–H and O–H groups in total. The molecule has 1 amide bonds. The van der Waals surface area contributed by atoms with Crippen molar-refractivity contribution in [2.45, 2.75) is 26.2 Å². The molecule has 2 aliphatic rings. The van der Waals surface area contributed by atoms with Crippen LogP contribution >= 0.6 is 0 Å². The number of nitrogens with zero attached hydrogens (tertiary/aromatic N) is 3. The Balaban J connectivity index is 1.30. The van der Waals surface area contributed by atoms with Crippen LogP contribution in [0.15, 0.2) is 24.3 Å². The molecule has 0 spiro atoms. The molecule has 0 saturated carbocycles. The number of likely N-dealkylation sites (tertiary alicyclic amines) is 1. The average molecular weight is 376 g/mol. The third-order valence-electron chi connectivity index (χ3n) is 5.34. The molecule has 0 unspecified atom stereocenters. The zero-order valence-corrected chi connectivity index (χ0v) is 16.6. The molecule has 1 aromatic carbocycles. The van der Waals surface area contributed by atoms with Crippen LogP contribution in [0.4, 0.5) is 0 Å². The largest absolute Gasteiger partial charge is 0.494 e. The van der Waals surface area contributed by atoms with E-state index in [-0.39, 0.29) is 0 Å². The average Bonchev–Trinajstić information content (AvgIpc) is 2.71. The molecule has 0 atom stereocenters. The Labute approximate surface area is 163 Å². The number of benzene rings is 1. The summed E-state index contributed by atoms with van der Waals surface area (Å²) < 4.78 is 11.3. The molecule has 0 radical (unpaired) electrons. The van der Waals surface area contributed by atoms with Crippen molar-refractivity contribution in [3.05, 3.63) is 24.3 Å². The molecule has 2 aliphatic heterocycles. The first-order valence-electron chi connectivity index (χ1n) is 10.3. The Hall–Kier alpha value is -1.79. The van der Waals surface area contributed by atoms with Gasteiger partial charge in [0.1, 0.15) is 18.1 Å². The van der Waals surface area contributed by atoms with E-state index in [4.69, 9.17) is 9.47 Å². The van der Waals surface area contributed by atoms with Crippen LogP contribution in [0.5, 0.6) is 11.5 Å². The highest BCUT2D eigenvalue weighted by atomic mass is 16.5. The first-order valence-corrected chi connectivity index (χ1v) is 10.3. The maximum absolute atomic E-state index is 12.4. The van der Waals surface area contributed by atoms with E-state index in [1.165, 1.54) is 6.42 Å². The van der Waals surface area contributed by atoms with Gasteiger partial charge in [0.15, 0.2) is 0 Å². The number of carbonyl (C=O) groups is 1. The van der Waals surface area contributed by atoms with Crippen LogP contribution in [0.3, 0.4) is 0 Å². The van der Waals surface area contributed by atoms with E-state index in [2.05, 4.69) is 9.80 Å². The van der Waals surface area contributed by atoms with E-state index < -0.39 is 0 Å². The van der Waals surface area contributed by atoms with Crippen LogP contribution in [-0.2, 0) is 4.79 Å². The Kier molecular flexibility index (Phi) is 7.78. The van der Waals surface area contributed by atoms with Crippen molar-refractivity contribution in [2.75, 3.05) is 65.6 Å². The predicted molar refractivity (Wildman–Crippen MR) is 106 cm³/mol. The number of ether oxygens (including phenoxy) is 2. The quantitative estimate of drug-likeness (QED) is 0.696. The van der Waals surface area contributed by atoms with E-state index in [1.54, 1.807) is 0 Å². The summed E-state index contributed by atoms with van der Waals surface area (Å²) in [6.45, 7) is 10.6. The third kappa shape index (κ3) is 6.40. The highest BCUT2D eigenvalue weighted by Crippen LogP contribution is 2.17. The highest BCUT2D eigenvalue weighted by molar-refractivity contribution is 5.78. The fraction of sp³-hybridized carbons (Fsp3) is 0.667. The molecule has 2 heterocycles. The zero-order valence-electron chi connectivity index (χ0n) is 16.6. The number of piperidine rings is 1. The summed E-state index contributed by atoms with van der Waals surface area (Å²) in [6.07, 6.45) is 3.59. The minimum absolute atomic E-state index is 0.307. The summed E-state index contributed by atoms with van der Waals surface area (Å²) in [5.74, 6) is 2.06. The summed E-state index contributed by atoms with van der Waals surface area (Å²) >= 11 is 0. The summed E-state index contributed by atoms with van der Waals surface area (Å²) in [6, 6.07) is 7.79. The number of amides is 1. The van der Waals surface area contributed by atoms with E-state index in [0.717, 1.165) is 70.2 Å². The summed E-state index contributed by atoms with van der Waals surface area (Å²) in [4.78, 5) is 19.1. The van der Waals surface area contributed by atoms with Gasteiger partial charge < -0.3 is 14.4 Å². The first-order chi connectivity index (χ1) is 13.2. The number of rotatable bonds is 8. The summed E-state index contributed by atoms with van der Waals surface area (Å²) in [7, 11) is 0. The van der Waals surface area contributed by atoms with E-state index in [0.29, 0.717) is 25.7 Å². The first kappa shape index (κ1) is 20.0. The topological polar surface area (TPSA) is 45.3 Å². The van der Waals surface area contributed by atoms with Crippen molar-refractivity contribution in [2.24, 2.45) is 0 Å². The maximum atomic E-state index is 12.4. The second kappa shape index (κ2) is 10.5. The van der Waals surface area contributed by atoms with Crippen LogP contribution in [0.2, 0.25) is 0 Å². The lowest BCUT2D eigenvalue weighted by Crippen LogP contribution is -2.51. The number of hydrogen-bond acceptors (Lipinski definition) is 5. The van der Waals surface area contributed by atoms with Gasteiger partial charge in [-0.25, -0.2) is 0 Å². The molecule has 27 heavy (non-hydrogen) atoms. The monoisotopic (exact) mass is 375 g/mol. The van der Waals surface area contributed by atoms with E-state index in [1.807, 2.05) is 36.1 Å². The molecule has 2 fully saturated rings. The van der Waals surface area contributed by atoms with Gasteiger partial charge in [-0.05, 0) is 50.5 Å². The molecule has 0 aromatic heterocycles. The Morgan fingerprint density at radius 2 is 1.44 bits per heavy atom. The second-order valence-electron chi connectivity index (χ2n) is 7.31. The number of carbonyl (C=O) groups excluding carboxylic acids is 1. The fourth-order valence-electron chi connectivity index (χ4n) is 3.70. The Morgan fingerprint density at radius 3 is 2.07 bits per heavy atom. The lowest BCUT2D eigenvalue weighted by Gasteiger charge is -2.36. The molecule has 150 valence electrons. The van der Waals surface area contributed by atoms with Crippen LogP contribution in [0.1, 0.15) is 26.2 Å². The summed E-state index contributed by atoms with van der Waals surface area (Å²) in [5, 5.41) is 0. The lowest BCUT2D eigenvalue weighted by atomic mass is 10.1.